The van der Waals surface area contributed by atoms with Gasteiger partial charge in [0, 0.05) is 12.6 Å². The summed E-state index contributed by atoms with van der Waals surface area (Å²) in [5.41, 5.74) is 2.01. The first-order valence-electron chi connectivity index (χ1n) is 11.3. The number of benzene rings is 2. The maximum absolute atomic E-state index is 13.6. The molecule has 0 aliphatic carbocycles. The van der Waals surface area contributed by atoms with Crippen LogP contribution in [0, 0.1) is 12.7 Å². The Labute approximate surface area is 202 Å². The highest BCUT2D eigenvalue weighted by Gasteiger charge is 2.32. The number of sulfonamides is 1. The molecule has 0 aliphatic heterocycles. The molecule has 0 bridgehead atoms. The zero-order valence-corrected chi connectivity index (χ0v) is 21.2. The van der Waals surface area contributed by atoms with E-state index in [0.717, 1.165) is 40.2 Å². The van der Waals surface area contributed by atoms with E-state index in [1.807, 2.05) is 52.0 Å². The van der Waals surface area contributed by atoms with Gasteiger partial charge in [-0.2, -0.15) is 0 Å². The summed E-state index contributed by atoms with van der Waals surface area (Å²) in [5.74, 6) is -1.33. The van der Waals surface area contributed by atoms with Crippen molar-refractivity contribution in [3.8, 4) is 0 Å². The summed E-state index contributed by atoms with van der Waals surface area (Å²) in [6, 6.07) is 11.6. The second kappa shape index (κ2) is 12.0. The fraction of sp³-hybridized carbons (Fsp3) is 0.440. The SMILES string of the molecule is CC[C@H](C)NC(=O)[C@H](CC)N(Cc1cccc(C)c1)C(=O)CN(c1ccc(F)cc1)S(C)(=O)=O. The van der Waals surface area contributed by atoms with Crippen LogP contribution < -0.4 is 9.62 Å². The molecule has 0 spiro atoms. The highest BCUT2D eigenvalue weighted by molar-refractivity contribution is 7.92. The van der Waals surface area contributed by atoms with Gasteiger partial charge in [0.2, 0.25) is 21.8 Å². The molecule has 2 atom stereocenters. The highest BCUT2D eigenvalue weighted by atomic mass is 32.2. The Kier molecular flexibility index (Phi) is 9.61. The summed E-state index contributed by atoms with van der Waals surface area (Å²) in [6.45, 7) is 7.22. The molecule has 9 heteroatoms. The molecule has 0 saturated heterocycles. The molecule has 1 N–H and O–H groups in total. The number of rotatable bonds is 11. The van der Waals surface area contributed by atoms with Crippen molar-refractivity contribution in [1.82, 2.24) is 10.2 Å². The number of nitrogens with zero attached hydrogens (tertiary/aromatic N) is 2. The molecule has 2 aromatic rings. The number of hydrogen-bond donors (Lipinski definition) is 1. The molecule has 0 radical (unpaired) electrons. The van der Waals surface area contributed by atoms with Crippen LogP contribution in [0.15, 0.2) is 48.5 Å². The summed E-state index contributed by atoms with van der Waals surface area (Å²) in [7, 11) is -3.85. The lowest BCUT2D eigenvalue weighted by molar-refractivity contribution is -0.140. The Hall–Kier alpha value is -2.94. The lowest BCUT2D eigenvalue weighted by Gasteiger charge is -2.33. The van der Waals surface area contributed by atoms with Gasteiger partial charge in [-0.05, 0) is 56.5 Å². The minimum absolute atomic E-state index is 0.0656. The summed E-state index contributed by atoms with van der Waals surface area (Å²) >= 11 is 0. The van der Waals surface area contributed by atoms with E-state index in [2.05, 4.69) is 5.32 Å². The van der Waals surface area contributed by atoms with Crippen LogP contribution in [-0.4, -0.2) is 50.0 Å². The van der Waals surface area contributed by atoms with Gasteiger partial charge in [-0.3, -0.25) is 13.9 Å². The van der Waals surface area contributed by atoms with Crippen LogP contribution in [0.3, 0.4) is 0 Å². The topological polar surface area (TPSA) is 86.8 Å². The first-order valence-corrected chi connectivity index (χ1v) is 13.2. The molecular weight excluding hydrogens is 457 g/mol. The summed E-state index contributed by atoms with van der Waals surface area (Å²) < 4.78 is 39.4. The predicted molar refractivity (Wildman–Crippen MR) is 132 cm³/mol. The predicted octanol–water partition coefficient (Wildman–Crippen LogP) is 3.62. The molecule has 7 nitrogen and oxygen atoms in total. The Bertz CT molecular complexity index is 1090. The van der Waals surface area contributed by atoms with Crippen LogP contribution in [0.4, 0.5) is 10.1 Å². The number of nitrogens with one attached hydrogen (secondary N) is 1. The van der Waals surface area contributed by atoms with Crippen LogP contribution in [0.1, 0.15) is 44.7 Å². The normalized spacial score (nSPS) is 13.1. The number of hydrogen-bond acceptors (Lipinski definition) is 4. The van der Waals surface area contributed by atoms with Gasteiger partial charge in [0.25, 0.3) is 0 Å². The van der Waals surface area contributed by atoms with Gasteiger partial charge >= 0.3 is 0 Å². The molecule has 34 heavy (non-hydrogen) atoms. The lowest BCUT2D eigenvalue weighted by Crippen LogP contribution is -2.53. The first-order chi connectivity index (χ1) is 16.0. The second-order valence-corrected chi connectivity index (χ2v) is 10.4. The van der Waals surface area contributed by atoms with E-state index in [9.17, 15) is 22.4 Å². The van der Waals surface area contributed by atoms with Crippen molar-refractivity contribution in [3.05, 3.63) is 65.5 Å². The number of carbonyl (C=O) groups is 2. The van der Waals surface area contributed by atoms with Gasteiger partial charge in [-0.15, -0.1) is 0 Å². The maximum atomic E-state index is 13.6. The highest BCUT2D eigenvalue weighted by Crippen LogP contribution is 2.20. The Morgan fingerprint density at radius 3 is 2.24 bits per heavy atom. The van der Waals surface area contributed by atoms with E-state index < -0.39 is 34.3 Å². The van der Waals surface area contributed by atoms with Crippen LogP contribution >= 0.6 is 0 Å². The van der Waals surface area contributed by atoms with E-state index in [1.54, 1.807) is 0 Å². The molecule has 0 aliphatic rings. The summed E-state index contributed by atoms with van der Waals surface area (Å²) in [6.07, 6.45) is 2.08. The monoisotopic (exact) mass is 491 g/mol. The molecular formula is C25H34FN3O4S. The van der Waals surface area contributed by atoms with E-state index in [4.69, 9.17) is 0 Å². The van der Waals surface area contributed by atoms with Crippen molar-refractivity contribution >= 4 is 27.5 Å². The van der Waals surface area contributed by atoms with Gasteiger partial charge in [-0.25, -0.2) is 12.8 Å². The fourth-order valence-electron chi connectivity index (χ4n) is 3.59. The third-order valence-corrected chi connectivity index (χ3v) is 6.76. The Morgan fingerprint density at radius 1 is 1.06 bits per heavy atom. The zero-order chi connectivity index (χ0) is 25.5. The largest absolute Gasteiger partial charge is 0.352 e. The molecule has 0 unspecified atom stereocenters. The van der Waals surface area contributed by atoms with Crippen molar-refractivity contribution in [2.24, 2.45) is 0 Å². The summed E-state index contributed by atoms with van der Waals surface area (Å²) in [4.78, 5) is 28.0. The minimum Gasteiger partial charge on any atom is -0.352 e. The van der Waals surface area contributed by atoms with Crippen molar-refractivity contribution in [1.29, 1.82) is 0 Å². The lowest BCUT2D eigenvalue weighted by atomic mass is 10.1. The Morgan fingerprint density at radius 2 is 1.71 bits per heavy atom. The quantitative estimate of drug-likeness (QED) is 0.520. The Balaban J connectivity index is 2.43. The zero-order valence-electron chi connectivity index (χ0n) is 20.4. The smallest absolute Gasteiger partial charge is 0.244 e. The second-order valence-electron chi connectivity index (χ2n) is 8.50. The third kappa shape index (κ3) is 7.55. The molecule has 0 saturated carbocycles. The van der Waals surface area contributed by atoms with Gasteiger partial charge in [-0.1, -0.05) is 43.7 Å². The molecule has 0 heterocycles. The molecule has 2 amide bonds. The van der Waals surface area contributed by atoms with E-state index in [0.29, 0.717) is 6.42 Å². The number of aryl methyl sites for hydroxylation is 1. The van der Waals surface area contributed by atoms with Crippen LogP contribution in [0.5, 0.6) is 0 Å². The average molecular weight is 492 g/mol. The number of halogens is 1. The fourth-order valence-corrected chi connectivity index (χ4v) is 4.44. The standard InChI is InChI=1S/C25H34FN3O4S/c1-6-19(4)27-25(31)23(7-2)28(16-20-10-8-9-18(3)15-20)24(30)17-29(34(5,32)33)22-13-11-21(26)12-14-22/h8-15,19,23H,6-7,16-17H2,1-5H3,(H,27,31)/t19-,23-/m0/s1. The third-order valence-electron chi connectivity index (χ3n) is 5.62. The van der Waals surface area contributed by atoms with E-state index in [1.165, 1.54) is 17.0 Å². The van der Waals surface area contributed by atoms with E-state index in [-0.39, 0.29) is 24.2 Å². The van der Waals surface area contributed by atoms with Crippen LogP contribution in [0.2, 0.25) is 0 Å². The number of anilines is 1. The van der Waals surface area contributed by atoms with Crippen LogP contribution in [0.25, 0.3) is 0 Å². The number of carbonyl (C=O) groups excluding carboxylic acids is 2. The molecule has 0 fully saturated rings. The van der Waals surface area contributed by atoms with Crippen molar-refractivity contribution in [2.45, 2.75) is 59.2 Å². The molecule has 186 valence electrons. The van der Waals surface area contributed by atoms with Gasteiger partial charge in [0.05, 0.1) is 11.9 Å². The number of amides is 2. The molecule has 2 rings (SSSR count). The van der Waals surface area contributed by atoms with Gasteiger partial charge in [0.1, 0.15) is 18.4 Å². The average Bonchev–Trinajstić information content (AvgIpc) is 2.77. The van der Waals surface area contributed by atoms with E-state index >= 15 is 0 Å². The van der Waals surface area contributed by atoms with Gasteiger partial charge in [0.15, 0.2) is 0 Å². The molecule has 0 aromatic heterocycles. The van der Waals surface area contributed by atoms with Crippen molar-refractivity contribution in [3.63, 3.8) is 0 Å². The first kappa shape index (κ1) is 27.3. The molecule has 2 aromatic carbocycles. The minimum atomic E-state index is -3.85. The van der Waals surface area contributed by atoms with Crippen molar-refractivity contribution in [2.75, 3.05) is 17.1 Å². The summed E-state index contributed by atoms with van der Waals surface area (Å²) in [5, 5.41) is 2.93. The maximum Gasteiger partial charge on any atom is 0.244 e. The van der Waals surface area contributed by atoms with Crippen LogP contribution in [-0.2, 0) is 26.2 Å². The van der Waals surface area contributed by atoms with Gasteiger partial charge < -0.3 is 10.2 Å². The van der Waals surface area contributed by atoms with Crippen molar-refractivity contribution < 1.29 is 22.4 Å².